The molecule has 0 radical (unpaired) electrons. The molecule has 0 aromatic heterocycles. The highest BCUT2D eigenvalue weighted by Crippen LogP contribution is 2.41. The van der Waals surface area contributed by atoms with E-state index in [0.717, 1.165) is 43.9 Å². The number of hydrogen-bond donors (Lipinski definition) is 1. The average Bonchev–Trinajstić information content (AvgIpc) is 2.45. The van der Waals surface area contributed by atoms with Gasteiger partial charge in [-0.1, -0.05) is 51.3 Å². The second kappa shape index (κ2) is 6.39. The molecule has 0 bridgehead atoms. The lowest BCUT2D eigenvalue weighted by Crippen LogP contribution is -2.42. The van der Waals surface area contributed by atoms with Crippen LogP contribution in [0.5, 0.6) is 0 Å². The van der Waals surface area contributed by atoms with Crippen LogP contribution >= 0.6 is 0 Å². The molecule has 0 spiro atoms. The molecule has 21 heavy (non-hydrogen) atoms. The van der Waals surface area contributed by atoms with Crippen molar-refractivity contribution in [1.29, 1.82) is 0 Å². The zero-order valence-corrected chi connectivity index (χ0v) is 12.8. The first-order valence-electron chi connectivity index (χ1n) is 7.75. The molecule has 2 rings (SSSR count). The summed E-state index contributed by atoms with van der Waals surface area (Å²) in [7, 11) is 0. The van der Waals surface area contributed by atoms with Crippen molar-refractivity contribution >= 4 is 0 Å². The Morgan fingerprint density at radius 3 is 2.38 bits per heavy atom. The van der Waals surface area contributed by atoms with Gasteiger partial charge in [-0.15, -0.1) is 0 Å². The monoisotopic (exact) mass is 299 g/mol. The van der Waals surface area contributed by atoms with Crippen molar-refractivity contribution in [3.63, 3.8) is 0 Å². The van der Waals surface area contributed by atoms with Crippen molar-refractivity contribution < 1.29 is 13.2 Å². The first-order chi connectivity index (χ1) is 9.83. The van der Waals surface area contributed by atoms with Crippen molar-refractivity contribution in [3.05, 3.63) is 35.4 Å². The number of hydrogen-bond acceptors (Lipinski definition) is 1. The van der Waals surface area contributed by atoms with Crippen molar-refractivity contribution in [2.24, 2.45) is 0 Å². The zero-order valence-electron chi connectivity index (χ0n) is 12.8. The van der Waals surface area contributed by atoms with Crippen LogP contribution in [-0.2, 0) is 11.6 Å². The molecule has 1 saturated carbocycles. The van der Waals surface area contributed by atoms with Crippen LogP contribution in [0.15, 0.2) is 24.3 Å². The van der Waals surface area contributed by atoms with Crippen LogP contribution < -0.4 is 5.32 Å². The van der Waals surface area contributed by atoms with Gasteiger partial charge in [-0.25, -0.2) is 0 Å². The van der Waals surface area contributed by atoms with E-state index in [4.69, 9.17) is 0 Å². The standard InChI is InChI=1S/C17H24F3N/c1-13(2)21-12-16(9-4-3-5-10-16)14-7-6-8-15(11-14)17(18,19)20/h6-8,11,13,21H,3-5,9-10,12H2,1-2H3. The Balaban J connectivity index is 2.32. The summed E-state index contributed by atoms with van der Waals surface area (Å²) in [6, 6.07) is 6.27. The van der Waals surface area contributed by atoms with E-state index < -0.39 is 11.7 Å². The second-order valence-corrected chi connectivity index (χ2v) is 6.46. The number of alkyl halides is 3. The Labute approximate surface area is 124 Å². The molecule has 118 valence electrons. The number of rotatable bonds is 4. The Morgan fingerprint density at radius 1 is 1.14 bits per heavy atom. The van der Waals surface area contributed by atoms with Gasteiger partial charge in [-0.3, -0.25) is 0 Å². The van der Waals surface area contributed by atoms with Crippen LogP contribution in [0.4, 0.5) is 13.2 Å². The molecule has 1 aliphatic rings. The summed E-state index contributed by atoms with van der Waals surface area (Å²) in [5.74, 6) is 0. The fourth-order valence-corrected chi connectivity index (χ4v) is 3.22. The molecule has 0 saturated heterocycles. The van der Waals surface area contributed by atoms with Crippen LogP contribution in [0.2, 0.25) is 0 Å². The third-order valence-electron chi connectivity index (χ3n) is 4.46. The molecular formula is C17H24F3N. The highest BCUT2D eigenvalue weighted by Gasteiger charge is 2.36. The van der Waals surface area contributed by atoms with Crippen LogP contribution in [0, 0.1) is 0 Å². The lowest BCUT2D eigenvalue weighted by molar-refractivity contribution is -0.137. The van der Waals surface area contributed by atoms with Gasteiger partial charge in [0.05, 0.1) is 5.56 Å². The van der Waals surface area contributed by atoms with Gasteiger partial charge in [-0.05, 0) is 24.5 Å². The Hall–Kier alpha value is -1.03. The van der Waals surface area contributed by atoms with Gasteiger partial charge in [0.2, 0.25) is 0 Å². The molecule has 1 N–H and O–H groups in total. The Morgan fingerprint density at radius 2 is 1.81 bits per heavy atom. The summed E-state index contributed by atoms with van der Waals surface area (Å²) in [5, 5.41) is 3.43. The zero-order chi connectivity index (χ0) is 15.5. The van der Waals surface area contributed by atoms with Crippen LogP contribution in [0.25, 0.3) is 0 Å². The van der Waals surface area contributed by atoms with Crippen molar-refractivity contribution in [3.8, 4) is 0 Å². The molecular weight excluding hydrogens is 275 g/mol. The summed E-state index contributed by atoms with van der Waals surface area (Å²) in [5.41, 5.74) is 0.156. The molecule has 1 nitrogen and oxygen atoms in total. The largest absolute Gasteiger partial charge is 0.416 e. The molecule has 1 aliphatic carbocycles. The van der Waals surface area contributed by atoms with Gasteiger partial charge in [0.25, 0.3) is 0 Å². The average molecular weight is 299 g/mol. The molecule has 4 heteroatoms. The van der Waals surface area contributed by atoms with Gasteiger partial charge < -0.3 is 5.32 Å². The molecule has 0 heterocycles. The first-order valence-corrected chi connectivity index (χ1v) is 7.75. The quantitative estimate of drug-likeness (QED) is 0.833. The van der Waals surface area contributed by atoms with Crippen LogP contribution in [0.1, 0.15) is 57.1 Å². The smallest absolute Gasteiger partial charge is 0.314 e. The summed E-state index contributed by atoms with van der Waals surface area (Å²) < 4.78 is 38.9. The summed E-state index contributed by atoms with van der Waals surface area (Å²) in [6.45, 7) is 4.90. The minimum atomic E-state index is -4.27. The summed E-state index contributed by atoms with van der Waals surface area (Å²) >= 11 is 0. The van der Waals surface area contributed by atoms with Gasteiger partial charge in [0.15, 0.2) is 0 Å². The first kappa shape index (κ1) is 16.3. The molecule has 1 aromatic rings. The predicted molar refractivity (Wildman–Crippen MR) is 79.3 cm³/mol. The van der Waals surface area contributed by atoms with Gasteiger partial charge in [0.1, 0.15) is 0 Å². The lowest BCUT2D eigenvalue weighted by Gasteiger charge is -2.39. The number of benzene rings is 1. The fraction of sp³-hybridized carbons (Fsp3) is 0.647. The number of nitrogens with one attached hydrogen (secondary N) is 1. The van der Waals surface area contributed by atoms with Crippen LogP contribution in [0.3, 0.4) is 0 Å². The predicted octanol–water partition coefficient (Wildman–Crippen LogP) is 4.91. The van der Waals surface area contributed by atoms with Crippen molar-refractivity contribution in [1.82, 2.24) is 5.32 Å². The maximum Gasteiger partial charge on any atom is 0.416 e. The minimum Gasteiger partial charge on any atom is -0.314 e. The maximum atomic E-state index is 13.0. The normalized spacial score (nSPS) is 19.0. The molecule has 0 amide bonds. The van der Waals surface area contributed by atoms with Gasteiger partial charge in [-0.2, -0.15) is 13.2 Å². The number of halogens is 3. The summed E-state index contributed by atoms with van der Waals surface area (Å²) in [4.78, 5) is 0. The van der Waals surface area contributed by atoms with E-state index in [1.165, 1.54) is 12.5 Å². The molecule has 0 aliphatic heterocycles. The van der Waals surface area contributed by atoms with E-state index in [0.29, 0.717) is 6.04 Å². The molecule has 0 atom stereocenters. The third-order valence-corrected chi connectivity index (χ3v) is 4.46. The highest BCUT2D eigenvalue weighted by atomic mass is 19.4. The SMILES string of the molecule is CC(C)NCC1(c2cccc(C(F)(F)F)c2)CCCCC1. The summed E-state index contributed by atoms with van der Waals surface area (Å²) in [6.07, 6.45) is 1.04. The van der Waals surface area contributed by atoms with Crippen LogP contribution in [-0.4, -0.2) is 12.6 Å². The van der Waals surface area contributed by atoms with Crippen molar-refractivity contribution in [2.75, 3.05) is 6.54 Å². The van der Waals surface area contributed by atoms with Gasteiger partial charge in [0, 0.05) is 18.0 Å². The minimum absolute atomic E-state index is 0.149. The second-order valence-electron chi connectivity index (χ2n) is 6.46. The van der Waals surface area contributed by atoms with Crippen molar-refractivity contribution in [2.45, 2.75) is 63.6 Å². The Kier molecular flexibility index (Phi) is 4.97. The molecule has 1 aromatic carbocycles. The highest BCUT2D eigenvalue weighted by molar-refractivity contribution is 5.32. The van der Waals surface area contributed by atoms with E-state index in [2.05, 4.69) is 19.2 Å². The van der Waals surface area contributed by atoms with E-state index in [1.807, 2.05) is 6.07 Å². The maximum absolute atomic E-state index is 13.0. The van der Waals surface area contributed by atoms with E-state index in [1.54, 1.807) is 6.07 Å². The molecule has 1 fully saturated rings. The van der Waals surface area contributed by atoms with E-state index in [9.17, 15) is 13.2 Å². The van der Waals surface area contributed by atoms with E-state index in [-0.39, 0.29) is 5.41 Å². The Bertz CT molecular complexity index is 459. The van der Waals surface area contributed by atoms with E-state index >= 15 is 0 Å². The third kappa shape index (κ3) is 4.00. The molecule has 0 unspecified atom stereocenters. The topological polar surface area (TPSA) is 12.0 Å². The fourth-order valence-electron chi connectivity index (χ4n) is 3.22. The lowest BCUT2D eigenvalue weighted by atomic mass is 9.69. The van der Waals surface area contributed by atoms with Gasteiger partial charge >= 0.3 is 6.18 Å².